The standard InChI is InChI=1S/C15H28N2O/c1-5-10(3)14-15(18)17(9-16-14)13-8-7-12(6-2)11(13)4/h10-14,16H,5-9H2,1-4H3. The number of nitrogens with zero attached hydrogens (tertiary/aromatic N) is 1. The van der Waals surface area contributed by atoms with Crippen LogP contribution in [-0.4, -0.2) is 29.6 Å². The van der Waals surface area contributed by atoms with Crippen LogP contribution in [-0.2, 0) is 4.79 Å². The van der Waals surface area contributed by atoms with Gasteiger partial charge in [0.1, 0.15) is 0 Å². The lowest BCUT2D eigenvalue weighted by Crippen LogP contribution is -2.42. The van der Waals surface area contributed by atoms with Crippen LogP contribution in [0.2, 0.25) is 0 Å². The molecule has 2 rings (SSSR count). The Balaban J connectivity index is 2.01. The molecule has 0 bridgehead atoms. The molecule has 18 heavy (non-hydrogen) atoms. The van der Waals surface area contributed by atoms with Crippen molar-refractivity contribution in [1.82, 2.24) is 10.2 Å². The number of hydrogen-bond acceptors (Lipinski definition) is 2. The van der Waals surface area contributed by atoms with Gasteiger partial charge in [0.2, 0.25) is 5.91 Å². The molecule has 3 nitrogen and oxygen atoms in total. The number of nitrogens with one attached hydrogen (secondary N) is 1. The Morgan fingerprint density at radius 1 is 1.39 bits per heavy atom. The van der Waals surface area contributed by atoms with Crippen LogP contribution in [0.1, 0.15) is 53.4 Å². The lowest BCUT2D eigenvalue weighted by Gasteiger charge is -2.29. The summed E-state index contributed by atoms with van der Waals surface area (Å²) in [6.45, 7) is 9.70. The third kappa shape index (κ3) is 2.29. The van der Waals surface area contributed by atoms with Crippen LogP contribution >= 0.6 is 0 Å². The quantitative estimate of drug-likeness (QED) is 0.834. The SMILES string of the molecule is CCC(C)C1NCN(C2CCC(CC)C2C)C1=O. The van der Waals surface area contributed by atoms with Gasteiger partial charge in [-0.15, -0.1) is 0 Å². The summed E-state index contributed by atoms with van der Waals surface area (Å²) in [4.78, 5) is 14.6. The van der Waals surface area contributed by atoms with Gasteiger partial charge < -0.3 is 4.90 Å². The molecule has 1 saturated carbocycles. The second-order valence-corrected chi connectivity index (χ2v) is 6.21. The fourth-order valence-electron chi connectivity index (χ4n) is 3.74. The highest BCUT2D eigenvalue weighted by molar-refractivity contribution is 5.84. The molecule has 2 aliphatic rings. The van der Waals surface area contributed by atoms with E-state index in [9.17, 15) is 4.79 Å². The molecule has 0 aromatic rings. The van der Waals surface area contributed by atoms with Crippen molar-refractivity contribution in [2.75, 3.05) is 6.67 Å². The van der Waals surface area contributed by atoms with Crippen LogP contribution in [0.5, 0.6) is 0 Å². The molecule has 2 fully saturated rings. The highest BCUT2D eigenvalue weighted by atomic mass is 16.2. The molecule has 5 unspecified atom stereocenters. The first-order valence-corrected chi connectivity index (χ1v) is 7.63. The maximum atomic E-state index is 12.5. The van der Waals surface area contributed by atoms with E-state index in [1.54, 1.807) is 0 Å². The van der Waals surface area contributed by atoms with Crippen LogP contribution in [0.4, 0.5) is 0 Å². The summed E-state index contributed by atoms with van der Waals surface area (Å²) in [5.74, 6) is 2.26. The van der Waals surface area contributed by atoms with Gasteiger partial charge in [0.05, 0.1) is 12.7 Å². The molecule has 1 aliphatic heterocycles. The predicted molar refractivity (Wildman–Crippen MR) is 74.1 cm³/mol. The van der Waals surface area contributed by atoms with Crippen LogP contribution in [0.15, 0.2) is 0 Å². The van der Waals surface area contributed by atoms with Crippen molar-refractivity contribution in [1.29, 1.82) is 0 Å². The molecular formula is C15H28N2O. The van der Waals surface area contributed by atoms with E-state index in [0.29, 0.717) is 23.8 Å². The third-order valence-corrected chi connectivity index (χ3v) is 5.35. The summed E-state index contributed by atoms with van der Waals surface area (Å²) in [5, 5.41) is 3.41. The average molecular weight is 252 g/mol. The van der Waals surface area contributed by atoms with E-state index in [2.05, 4.69) is 37.9 Å². The largest absolute Gasteiger partial charge is 0.325 e. The number of rotatable bonds is 4. The van der Waals surface area contributed by atoms with E-state index in [1.807, 2.05) is 0 Å². The Morgan fingerprint density at radius 2 is 2.11 bits per heavy atom. The summed E-state index contributed by atoms with van der Waals surface area (Å²) in [7, 11) is 0. The first-order chi connectivity index (χ1) is 8.60. The zero-order valence-electron chi connectivity index (χ0n) is 12.3. The molecular weight excluding hydrogens is 224 g/mol. The molecule has 1 saturated heterocycles. The van der Waals surface area contributed by atoms with Gasteiger partial charge in [-0.3, -0.25) is 10.1 Å². The van der Waals surface area contributed by atoms with Crippen molar-refractivity contribution in [2.24, 2.45) is 17.8 Å². The molecule has 1 aliphatic carbocycles. The van der Waals surface area contributed by atoms with E-state index in [0.717, 1.165) is 19.0 Å². The van der Waals surface area contributed by atoms with Gasteiger partial charge in [-0.05, 0) is 30.6 Å². The van der Waals surface area contributed by atoms with E-state index in [4.69, 9.17) is 0 Å². The second kappa shape index (κ2) is 5.60. The lowest BCUT2D eigenvalue weighted by molar-refractivity contribution is -0.132. The van der Waals surface area contributed by atoms with Crippen LogP contribution in [0.3, 0.4) is 0 Å². The molecule has 1 heterocycles. The average Bonchev–Trinajstić information content (AvgIpc) is 2.91. The van der Waals surface area contributed by atoms with E-state index in [-0.39, 0.29) is 6.04 Å². The summed E-state index contributed by atoms with van der Waals surface area (Å²) in [5.41, 5.74) is 0. The van der Waals surface area contributed by atoms with Gasteiger partial charge in [0.25, 0.3) is 0 Å². The summed E-state index contributed by atoms with van der Waals surface area (Å²) in [6.07, 6.45) is 4.80. The smallest absolute Gasteiger partial charge is 0.241 e. The maximum absolute atomic E-state index is 12.5. The summed E-state index contributed by atoms with van der Waals surface area (Å²) >= 11 is 0. The van der Waals surface area contributed by atoms with Gasteiger partial charge in [0, 0.05) is 6.04 Å². The fourth-order valence-corrected chi connectivity index (χ4v) is 3.74. The number of hydrogen-bond donors (Lipinski definition) is 1. The molecule has 1 amide bonds. The van der Waals surface area contributed by atoms with Crippen molar-refractivity contribution < 1.29 is 4.79 Å². The van der Waals surface area contributed by atoms with Crippen LogP contribution in [0, 0.1) is 17.8 Å². The Labute approximate surface area is 111 Å². The number of carbonyl (C=O) groups is 1. The highest BCUT2D eigenvalue weighted by Crippen LogP contribution is 2.38. The molecule has 0 radical (unpaired) electrons. The number of amides is 1. The van der Waals surface area contributed by atoms with E-state index in [1.165, 1.54) is 19.3 Å². The molecule has 1 N–H and O–H groups in total. The van der Waals surface area contributed by atoms with Crippen molar-refractivity contribution in [3.05, 3.63) is 0 Å². The van der Waals surface area contributed by atoms with Crippen LogP contribution in [0.25, 0.3) is 0 Å². The molecule has 0 spiro atoms. The lowest BCUT2D eigenvalue weighted by atomic mass is 9.92. The maximum Gasteiger partial charge on any atom is 0.241 e. The zero-order chi connectivity index (χ0) is 13.3. The minimum atomic E-state index is 0.0582. The minimum absolute atomic E-state index is 0.0582. The third-order valence-electron chi connectivity index (χ3n) is 5.35. The van der Waals surface area contributed by atoms with Gasteiger partial charge in [-0.2, -0.15) is 0 Å². The van der Waals surface area contributed by atoms with Gasteiger partial charge >= 0.3 is 0 Å². The molecule has 3 heteroatoms. The van der Waals surface area contributed by atoms with Crippen molar-refractivity contribution in [3.63, 3.8) is 0 Å². The number of carbonyl (C=O) groups excluding carboxylic acids is 1. The van der Waals surface area contributed by atoms with E-state index < -0.39 is 0 Å². The molecule has 0 aromatic heterocycles. The molecule has 5 atom stereocenters. The van der Waals surface area contributed by atoms with Gasteiger partial charge in [-0.1, -0.05) is 40.5 Å². The first kappa shape index (κ1) is 13.9. The Hall–Kier alpha value is -0.570. The highest BCUT2D eigenvalue weighted by Gasteiger charge is 2.43. The van der Waals surface area contributed by atoms with Gasteiger partial charge in [-0.25, -0.2) is 0 Å². The fraction of sp³-hybridized carbons (Fsp3) is 0.933. The molecule has 104 valence electrons. The normalized spacial score (nSPS) is 38.4. The monoisotopic (exact) mass is 252 g/mol. The van der Waals surface area contributed by atoms with Crippen LogP contribution < -0.4 is 5.32 Å². The topological polar surface area (TPSA) is 32.3 Å². The second-order valence-electron chi connectivity index (χ2n) is 6.21. The van der Waals surface area contributed by atoms with Crippen molar-refractivity contribution in [2.45, 2.75) is 65.5 Å². The predicted octanol–water partition coefficient (Wildman–Crippen LogP) is 2.62. The Bertz CT molecular complexity index is 305. The minimum Gasteiger partial charge on any atom is -0.325 e. The van der Waals surface area contributed by atoms with E-state index >= 15 is 0 Å². The summed E-state index contributed by atoms with van der Waals surface area (Å²) in [6, 6.07) is 0.534. The first-order valence-electron chi connectivity index (χ1n) is 7.63. The Morgan fingerprint density at radius 3 is 2.67 bits per heavy atom. The van der Waals surface area contributed by atoms with Crippen molar-refractivity contribution in [3.8, 4) is 0 Å². The zero-order valence-corrected chi connectivity index (χ0v) is 12.3. The summed E-state index contributed by atoms with van der Waals surface area (Å²) < 4.78 is 0. The Kier molecular flexibility index (Phi) is 4.31. The van der Waals surface area contributed by atoms with Gasteiger partial charge in [0.15, 0.2) is 0 Å². The van der Waals surface area contributed by atoms with Crippen molar-refractivity contribution >= 4 is 5.91 Å². The molecule has 0 aromatic carbocycles.